The minimum Gasteiger partial charge on any atom is -0.467 e. The van der Waals surface area contributed by atoms with Crippen molar-refractivity contribution in [1.82, 2.24) is 4.90 Å². The Morgan fingerprint density at radius 1 is 1.60 bits per heavy atom. The van der Waals surface area contributed by atoms with Crippen LogP contribution in [0.2, 0.25) is 0 Å². The molecule has 1 rings (SSSR count). The smallest absolute Gasteiger partial charge is 0.329 e. The number of hydrogen-bond acceptors (Lipinski definition) is 5. The molecule has 1 fully saturated rings. The van der Waals surface area contributed by atoms with Gasteiger partial charge in [0.05, 0.1) is 18.5 Å². The average Bonchev–Trinajstić information content (AvgIpc) is 2.52. The number of carbonyl (C=O) groups excluding carboxylic acids is 2. The maximum Gasteiger partial charge on any atom is 0.329 e. The highest BCUT2D eigenvalue weighted by Gasteiger charge is 2.46. The normalized spacial score (nSPS) is 24.0. The minimum absolute atomic E-state index is 0.0858. The molecule has 0 radical (unpaired) electrons. The van der Waals surface area contributed by atoms with E-state index in [1.807, 2.05) is 13.8 Å². The summed E-state index contributed by atoms with van der Waals surface area (Å²) >= 11 is 1.55. The van der Waals surface area contributed by atoms with Crippen molar-refractivity contribution in [2.45, 2.75) is 24.8 Å². The first-order valence-corrected chi connectivity index (χ1v) is 5.66. The van der Waals surface area contributed by atoms with Gasteiger partial charge in [-0.2, -0.15) is 0 Å². The number of carbonyl (C=O) groups is 2. The second-order valence-electron chi connectivity index (χ2n) is 3.76. The Bertz CT molecular complexity index is 281. The van der Waals surface area contributed by atoms with Gasteiger partial charge in [-0.05, 0) is 13.8 Å². The van der Waals surface area contributed by atoms with Crippen molar-refractivity contribution in [1.29, 1.82) is 0 Å². The molecule has 1 unspecified atom stereocenters. The topological polar surface area (TPSA) is 72.6 Å². The molecule has 2 N–H and O–H groups in total. The summed E-state index contributed by atoms with van der Waals surface area (Å²) in [4.78, 5) is 24.2. The SMILES string of the molecule is COC(=O)C1CSC(C)(C)N1C(=O)CN. The molecule has 1 atom stereocenters. The van der Waals surface area contributed by atoms with Gasteiger partial charge in [0.1, 0.15) is 6.04 Å². The minimum atomic E-state index is -0.508. The molecule has 15 heavy (non-hydrogen) atoms. The van der Waals surface area contributed by atoms with E-state index in [0.717, 1.165) is 0 Å². The van der Waals surface area contributed by atoms with E-state index in [-0.39, 0.29) is 18.4 Å². The fourth-order valence-electron chi connectivity index (χ4n) is 1.68. The number of ether oxygens (including phenoxy) is 1. The Kier molecular flexibility index (Phi) is 3.62. The zero-order valence-corrected chi connectivity index (χ0v) is 9.97. The summed E-state index contributed by atoms with van der Waals surface area (Å²) in [5.74, 6) is -0.0407. The van der Waals surface area contributed by atoms with Crippen LogP contribution < -0.4 is 5.73 Å². The van der Waals surface area contributed by atoms with Gasteiger partial charge < -0.3 is 15.4 Å². The van der Waals surface area contributed by atoms with Gasteiger partial charge in [-0.1, -0.05) is 0 Å². The standard InChI is InChI=1S/C9H16N2O3S/c1-9(2)11(7(12)4-10)6(5-15-9)8(13)14-3/h6H,4-5,10H2,1-3H3. The van der Waals surface area contributed by atoms with E-state index in [2.05, 4.69) is 4.74 Å². The van der Waals surface area contributed by atoms with Gasteiger partial charge >= 0.3 is 5.97 Å². The van der Waals surface area contributed by atoms with Crippen molar-refractivity contribution < 1.29 is 14.3 Å². The molecule has 86 valence electrons. The van der Waals surface area contributed by atoms with Crippen LogP contribution in [0, 0.1) is 0 Å². The fraction of sp³-hybridized carbons (Fsp3) is 0.778. The molecule has 0 aromatic heterocycles. The molecular weight excluding hydrogens is 216 g/mol. The zero-order valence-electron chi connectivity index (χ0n) is 9.15. The molecule has 1 aliphatic rings. The number of thioether (sulfide) groups is 1. The van der Waals surface area contributed by atoms with E-state index < -0.39 is 10.9 Å². The van der Waals surface area contributed by atoms with Gasteiger partial charge in [-0.25, -0.2) is 4.79 Å². The number of methoxy groups -OCH3 is 1. The summed E-state index contributed by atoms with van der Waals surface area (Å²) in [7, 11) is 1.32. The second-order valence-corrected chi connectivity index (χ2v) is 5.39. The van der Waals surface area contributed by atoms with Crippen LogP contribution in [0.5, 0.6) is 0 Å². The molecule has 1 aliphatic heterocycles. The van der Waals surface area contributed by atoms with E-state index in [4.69, 9.17) is 5.73 Å². The van der Waals surface area contributed by atoms with E-state index in [9.17, 15) is 9.59 Å². The number of rotatable bonds is 2. The molecule has 1 amide bonds. The Balaban J connectivity index is 2.91. The predicted molar refractivity (Wildman–Crippen MR) is 58.2 cm³/mol. The number of amides is 1. The highest BCUT2D eigenvalue weighted by Crippen LogP contribution is 2.38. The maximum absolute atomic E-state index is 11.6. The summed E-state index contributed by atoms with van der Waals surface area (Å²) in [5.41, 5.74) is 5.32. The Labute approximate surface area is 93.3 Å². The van der Waals surface area contributed by atoms with Crippen LogP contribution in [-0.2, 0) is 14.3 Å². The van der Waals surface area contributed by atoms with Gasteiger partial charge in [0.2, 0.25) is 5.91 Å². The largest absolute Gasteiger partial charge is 0.467 e. The van der Waals surface area contributed by atoms with Crippen LogP contribution in [0.4, 0.5) is 0 Å². The van der Waals surface area contributed by atoms with Gasteiger partial charge in [0.15, 0.2) is 0 Å². The molecule has 5 nitrogen and oxygen atoms in total. The fourth-order valence-corrected chi connectivity index (χ4v) is 2.90. The van der Waals surface area contributed by atoms with Crippen molar-refractivity contribution in [3.63, 3.8) is 0 Å². The molecule has 0 aromatic rings. The molecule has 1 saturated heterocycles. The van der Waals surface area contributed by atoms with Crippen molar-refractivity contribution in [3.8, 4) is 0 Å². The van der Waals surface area contributed by atoms with Crippen molar-refractivity contribution in [3.05, 3.63) is 0 Å². The summed E-state index contributed by atoms with van der Waals surface area (Å²) in [6, 6.07) is -0.508. The highest BCUT2D eigenvalue weighted by atomic mass is 32.2. The Hall–Kier alpha value is -0.750. The van der Waals surface area contributed by atoms with E-state index in [0.29, 0.717) is 5.75 Å². The summed E-state index contributed by atoms with van der Waals surface area (Å²) < 4.78 is 4.67. The van der Waals surface area contributed by atoms with E-state index in [1.54, 1.807) is 11.8 Å². The monoisotopic (exact) mass is 232 g/mol. The quantitative estimate of drug-likeness (QED) is 0.667. The number of nitrogens with zero attached hydrogens (tertiary/aromatic N) is 1. The van der Waals surface area contributed by atoms with Crippen molar-refractivity contribution >= 4 is 23.6 Å². The third-order valence-corrected chi connectivity index (χ3v) is 3.79. The highest BCUT2D eigenvalue weighted by molar-refractivity contribution is 8.00. The first-order valence-electron chi connectivity index (χ1n) is 4.68. The lowest BCUT2D eigenvalue weighted by atomic mass is 10.2. The molecule has 0 spiro atoms. The lowest BCUT2D eigenvalue weighted by Gasteiger charge is -2.33. The maximum atomic E-state index is 11.6. The summed E-state index contributed by atoms with van der Waals surface area (Å²) in [6.45, 7) is 3.71. The zero-order chi connectivity index (χ0) is 11.6. The summed E-state index contributed by atoms with van der Waals surface area (Å²) in [5, 5.41) is 0. The lowest BCUT2D eigenvalue weighted by Crippen LogP contribution is -2.52. The molecule has 0 aliphatic carbocycles. The van der Waals surface area contributed by atoms with Crippen LogP contribution in [0.25, 0.3) is 0 Å². The van der Waals surface area contributed by atoms with E-state index >= 15 is 0 Å². The van der Waals surface area contributed by atoms with Gasteiger partial charge in [-0.3, -0.25) is 4.79 Å². The van der Waals surface area contributed by atoms with Crippen molar-refractivity contribution in [2.24, 2.45) is 5.73 Å². The molecule has 1 heterocycles. The molecule has 0 saturated carbocycles. The van der Waals surface area contributed by atoms with Gasteiger partial charge in [0, 0.05) is 5.75 Å². The average molecular weight is 232 g/mol. The number of nitrogens with two attached hydrogens (primary N) is 1. The molecule has 6 heteroatoms. The van der Waals surface area contributed by atoms with Crippen LogP contribution in [0.15, 0.2) is 0 Å². The summed E-state index contributed by atoms with van der Waals surface area (Å²) in [6.07, 6.45) is 0. The third-order valence-electron chi connectivity index (χ3n) is 2.40. The van der Waals surface area contributed by atoms with Crippen LogP contribution >= 0.6 is 11.8 Å². The molecular formula is C9H16N2O3S. The Morgan fingerprint density at radius 2 is 2.20 bits per heavy atom. The van der Waals surface area contributed by atoms with Crippen LogP contribution in [0.3, 0.4) is 0 Å². The number of hydrogen-bond donors (Lipinski definition) is 1. The molecule has 0 aromatic carbocycles. The van der Waals surface area contributed by atoms with E-state index in [1.165, 1.54) is 12.0 Å². The predicted octanol–water partition coefficient (Wildman–Crippen LogP) is -0.202. The second kappa shape index (κ2) is 4.40. The van der Waals surface area contributed by atoms with Crippen molar-refractivity contribution in [2.75, 3.05) is 19.4 Å². The first kappa shape index (κ1) is 12.3. The van der Waals surface area contributed by atoms with Crippen LogP contribution in [-0.4, -0.2) is 47.1 Å². The molecule has 0 bridgehead atoms. The van der Waals surface area contributed by atoms with Gasteiger partial charge in [0.25, 0.3) is 0 Å². The van der Waals surface area contributed by atoms with Gasteiger partial charge in [-0.15, -0.1) is 11.8 Å². The van der Waals surface area contributed by atoms with Crippen LogP contribution in [0.1, 0.15) is 13.8 Å². The third kappa shape index (κ3) is 2.26. The number of esters is 1. The Morgan fingerprint density at radius 3 is 2.67 bits per heavy atom. The lowest BCUT2D eigenvalue weighted by molar-refractivity contribution is -0.152. The first-order chi connectivity index (χ1) is 6.94.